The average Bonchev–Trinajstić information content (AvgIpc) is 2.87. The lowest BCUT2D eigenvalue weighted by Gasteiger charge is -2.47. The summed E-state index contributed by atoms with van der Waals surface area (Å²) >= 11 is 0. The molecule has 3 heteroatoms. The Labute approximate surface area is 113 Å². The van der Waals surface area contributed by atoms with E-state index in [0.29, 0.717) is 18.0 Å². The van der Waals surface area contributed by atoms with Gasteiger partial charge < -0.3 is 5.73 Å². The summed E-state index contributed by atoms with van der Waals surface area (Å²) < 4.78 is 0. The monoisotopic (exact) mass is 253 g/mol. The van der Waals surface area contributed by atoms with Gasteiger partial charge in [0.2, 0.25) is 0 Å². The van der Waals surface area contributed by atoms with Gasteiger partial charge in [-0.3, -0.25) is 9.80 Å². The highest BCUT2D eigenvalue weighted by Gasteiger charge is 2.52. The molecule has 0 aliphatic carbocycles. The van der Waals surface area contributed by atoms with Crippen LogP contribution in [0.5, 0.6) is 0 Å². The van der Waals surface area contributed by atoms with Crippen LogP contribution in [-0.4, -0.2) is 53.6 Å². The SMILES string of the molecule is CC(C)CN(C(C)C)C1(CN)CCN2CCCC21. The van der Waals surface area contributed by atoms with E-state index in [-0.39, 0.29) is 5.54 Å². The van der Waals surface area contributed by atoms with Gasteiger partial charge in [-0.15, -0.1) is 0 Å². The zero-order valence-corrected chi connectivity index (χ0v) is 12.7. The smallest absolute Gasteiger partial charge is 0.0501 e. The van der Waals surface area contributed by atoms with Crippen LogP contribution in [-0.2, 0) is 0 Å². The molecule has 2 heterocycles. The summed E-state index contributed by atoms with van der Waals surface area (Å²) in [7, 11) is 0. The van der Waals surface area contributed by atoms with Gasteiger partial charge in [0.1, 0.15) is 0 Å². The highest BCUT2D eigenvalue weighted by atomic mass is 15.3. The fourth-order valence-electron chi connectivity index (χ4n) is 4.20. The molecule has 0 aromatic heterocycles. The molecule has 2 rings (SSSR count). The topological polar surface area (TPSA) is 32.5 Å². The van der Waals surface area contributed by atoms with Crippen molar-refractivity contribution in [1.29, 1.82) is 0 Å². The number of hydrogen-bond acceptors (Lipinski definition) is 3. The van der Waals surface area contributed by atoms with Crippen LogP contribution in [0.25, 0.3) is 0 Å². The minimum Gasteiger partial charge on any atom is -0.329 e. The first-order valence-electron chi connectivity index (χ1n) is 7.72. The lowest BCUT2D eigenvalue weighted by atomic mass is 9.85. The van der Waals surface area contributed by atoms with E-state index in [9.17, 15) is 0 Å². The minimum absolute atomic E-state index is 0.245. The van der Waals surface area contributed by atoms with Gasteiger partial charge in [0, 0.05) is 31.7 Å². The number of hydrogen-bond donors (Lipinski definition) is 1. The highest BCUT2D eigenvalue weighted by Crippen LogP contribution is 2.40. The van der Waals surface area contributed by atoms with Gasteiger partial charge in [0.05, 0.1) is 5.54 Å². The summed E-state index contributed by atoms with van der Waals surface area (Å²) in [5, 5.41) is 0. The normalized spacial score (nSPS) is 33.0. The van der Waals surface area contributed by atoms with E-state index in [0.717, 1.165) is 6.54 Å². The van der Waals surface area contributed by atoms with Gasteiger partial charge in [-0.1, -0.05) is 13.8 Å². The largest absolute Gasteiger partial charge is 0.329 e. The third kappa shape index (κ3) is 2.33. The van der Waals surface area contributed by atoms with Gasteiger partial charge in [-0.25, -0.2) is 0 Å². The van der Waals surface area contributed by atoms with Crippen LogP contribution < -0.4 is 5.73 Å². The van der Waals surface area contributed by atoms with Crippen molar-refractivity contribution in [3.8, 4) is 0 Å². The van der Waals surface area contributed by atoms with E-state index >= 15 is 0 Å². The highest BCUT2D eigenvalue weighted by molar-refractivity contribution is 5.10. The fourth-order valence-corrected chi connectivity index (χ4v) is 4.20. The molecule has 2 aliphatic rings. The van der Waals surface area contributed by atoms with E-state index in [1.165, 1.54) is 38.9 Å². The van der Waals surface area contributed by atoms with Crippen molar-refractivity contribution in [2.24, 2.45) is 11.7 Å². The molecule has 2 unspecified atom stereocenters. The van der Waals surface area contributed by atoms with Crippen LogP contribution in [0.1, 0.15) is 47.0 Å². The van der Waals surface area contributed by atoms with Crippen LogP contribution >= 0.6 is 0 Å². The molecule has 0 saturated carbocycles. The maximum absolute atomic E-state index is 6.27. The molecule has 0 spiro atoms. The molecule has 2 N–H and O–H groups in total. The summed E-state index contributed by atoms with van der Waals surface area (Å²) in [5.41, 5.74) is 6.52. The van der Waals surface area contributed by atoms with Crippen LogP contribution in [0.15, 0.2) is 0 Å². The Morgan fingerprint density at radius 1 is 1.28 bits per heavy atom. The molecule has 2 saturated heterocycles. The molecule has 0 bridgehead atoms. The van der Waals surface area contributed by atoms with Crippen molar-refractivity contribution < 1.29 is 0 Å². The van der Waals surface area contributed by atoms with E-state index in [1.807, 2.05) is 0 Å². The molecule has 0 radical (unpaired) electrons. The Morgan fingerprint density at radius 2 is 2.00 bits per heavy atom. The minimum atomic E-state index is 0.245. The molecular weight excluding hydrogens is 222 g/mol. The molecule has 2 aliphatic heterocycles. The molecular formula is C15H31N3. The third-order valence-corrected chi connectivity index (χ3v) is 4.93. The van der Waals surface area contributed by atoms with Gasteiger partial charge in [-0.2, -0.15) is 0 Å². The maximum atomic E-state index is 6.27. The number of nitrogens with two attached hydrogens (primary N) is 1. The summed E-state index contributed by atoms with van der Waals surface area (Å²) in [6.07, 6.45) is 3.97. The van der Waals surface area contributed by atoms with Crippen LogP contribution in [0.3, 0.4) is 0 Å². The fraction of sp³-hybridized carbons (Fsp3) is 1.00. The number of rotatable bonds is 5. The number of nitrogens with zero attached hydrogens (tertiary/aromatic N) is 2. The van der Waals surface area contributed by atoms with Gasteiger partial charge >= 0.3 is 0 Å². The van der Waals surface area contributed by atoms with Crippen molar-refractivity contribution in [1.82, 2.24) is 9.80 Å². The Balaban J connectivity index is 2.23. The Morgan fingerprint density at radius 3 is 2.56 bits per heavy atom. The summed E-state index contributed by atoms with van der Waals surface area (Å²) in [6, 6.07) is 1.31. The third-order valence-electron chi connectivity index (χ3n) is 4.93. The van der Waals surface area contributed by atoms with Crippen molar-refractivity contribution in [2.75, 3.05) is 26.2 Å². The van der Waals surface area contributed by atoms with E-state index < -0.39 is 0 Å². The lowest BCUT2D eigenvalue weighted by molar-refractivity contribution is 0.0277. The summed E-state index contributed by atoms with van der Waals surface area (Å²) in [6.45, 7) is 13.8. The molecule has 0 amide bonds. The van der Waals surface area contributed by atoms with Gasteiger partial charge in [0.15, 0.2) is 0 Å². The average molecular weight is 253 g/mol. The molecule has 106 valence electrons. The van der Waals surface area contributed by atoms with Crippen LogP contribution in [0, 0.1) is 5.92 Å². The zero-order valence-electron chi connectivity index (χ0n) is 12.7. The molecule has 2 atom stereocenters. The van der Waals surface area contributed by atoms with Crippen molar-refractivity contribution in [3.63, 3.8) is 0 Å². The summed E-state index contributed by atoms with van der Waals surface area (Å²) in [5.74, 6) is 0.714. The molecule has 3 nitrogen and oxygen atoms in total. The Hall–Kier alpha value is -0.120. The first-order valence-corrected chi connectivity index (χ1v) is 7.72. The first kappa shape index (κ1) is 14.3. The second-order valence-corrected chi connectivity index (χ2v) is 6.89. The molecule has 2 fully saturated rings. The Bertz CT molecular complexity index is 277. The molecule has 0 aromatic carbocycles. The molecule has 18 heavy (non-hydrogen) atoms. The van der Waals surface area contributed by atoms with E-state index in [2.05, 4.69) is 37.5 Å². The van der Waals surface area contributed by atoms with Crippen LogP contribution in [0.4, 0.5) is 0 Å². The van der Waals surface area contributed by atoms with Gasteiger partial charge in [-0.05, 0) is 45.6 Å². The lowest BCUT2D eigenvalue weighted by Crippen LogP contribution is -2.62. The predicted octanol–water partition coefficient (Wildman–Crippen LogP) is 1.92. The standard InChI is InChI=1S/C15H31N3/c1-12(2)10-18(13(3)4)15(11-16)7-9-17-8-5-6-14(15)17/h12-14H,5-11,16H2,1-4H3. The predicted molar refractivity (Wildman–Crippen MR) is 77.7 cm³/mol. The van der Waals surface area contributed by atoms with Crippen molar-refractivity contribution in [3.05, 3.63) is 0 Å². The quantitative estimate of drug-likeness (QED) is 0.812. The van der Waals surface area contributed by atoms with Crippen molar-refractivity contribution in [2.45, 2.75) is 64.6 Å². The second-order valence-electron chi connectivity index (χ2n) is 6.89. The maximum Gasteiger partial charge on any atom is 0.0501 e. The summed E-state index contributed by atoms with van der Waals surface area (Å²) in [4.78, 5) is 5.40. The second kappa shape index (κ2) is 5.48. The van der Waals surface area contributed by atoms with Crippen LogP contribution in [0.2, 0.25) is 0 Å². The first-order chi connectivity index (χ1) is 8.51. The van der Waals surface area contributed by atoms with E-state index in [4.69, 9.17) is 5.73 Å². The molecule has 0 aromatic rings. The van der Waals surface area contributed by atoms with Crippen molar-refractivity contribution >= 4 is 0 Å². The van der Waals surface area contributed by atoms with Gasteiger partial charge in [0.25, 0.3) is 0 Å². The number of fused-ring (bicyclic) bond motifs is 1. The van der Waals surface area contributed by atoms with E-state index in [1.54, 1.807) is 0 Å². The Kier molecular flexibility index (Phi) is 4.35. The zero-order chi connectivity index (χ0) is 13.3.